The summed E-state index contributed by atoms with van der Waals surface area (Å²) in [6.07, 6.45) is 3.71. The second kappa shape index (κ2) is 6.43. The highest BCUT2D eigenvalue weighted by Gasteiger charge is 2.34. The van der Waals surface area contributed by atoms with Crippen LogP contribution < -0.4 is 5.32 Å². The molecule has 0 aliphatic carbocycles. The summed E-state index contributed by atoms with van der Waals surface area (Å²) in [6.45, 7) is 2.07. The quantitative estimate of drug-likeness (QED) is 0.790. The molecule has 0 aromatic rings. The molecule has 0 aromatic carbocycles. The molecule has 2 atom stereocenters. The third kappa shape index (κ3) is 3.38. The molecule has 1 amide bonds. The summed E-state index contributed by atoms with van der Waals surface area (Å²) in [6, 6.07) is -0.619. The van der Waals surface area contributed by atoms with Crippen LogP contribution in [0.1, 0.15) is 25.7 Å². The van der Waals surface area contributed by atoms with Gasteiger partial charge >= 0.3 is 5.97 Å². The first-order chi connectivity index (χ1) is 8.68. The lowest BCUT2D eigenvalue weighted by atomic mass is 9.94. The molecule has 0 spiro atoms. The topological polar surface area (TPSA) is 69.6 Å². The van der Waals surface area contributed by atoms with E-state index in [-0.39, 0.29) is 5.91 Å². The normalized spacial score (nSPS) is 28.3. The van der Waals surface area contributed by atoms with Gasteiger partial charge in [-0.1, -0.05) is 0 Å². The number of nitrogens with zero attached hydrogens (tertiary/aromatic N) is 1. The fraction of sp³-hybridized carbons (Fsp3) is 0.833. The van der Waals surface area contributed by atoms with Crippen molar-refractivity contribution < 1.29 is 14.7 Å². The number of carboxylic acids is 1. The van der Waals surface area contributed by atoms with Crippen LogP contribution in [0.3, 0.4) is 0 Å². The predicted molar refractivity (Wildman–Crippen MR) is 70.4 cm³/mol. The lowest BCUT2D eigenvalue weighted by Crippen LogP contribution is -2.42. The van der Waals surface area contributed by atoms with Crippen molar-refractivity contribution in [3.8, 4) is 0 Å². The van der Waals surface area contributed by atoms with Crippen LogP contribution >= 0.6 is 11.8 Å². The fourth-order valence-electron chi connectivity index (χ4n) is 2.53. The lowest BCUT2D eigenvalue weighted by molar-refractivity contribution is -0.147. The van der Waals surface area contributed by atoms with Crippen molar-refractivity contribution in [1.82, 2.24) is 10.2 Å². The van der Waals surface area contributed by atoms with Gasteiger partial charge in [0, 0.05) is 12.2 Å². The van der Waals surface area contributed by atoms with Crippen LogP contribution in [0, 0.1) is 5.92 Å². The van der Waals surface area contributed by atoms with Crippen molar-refractivity contribution in [3.63, 3.8) is 0 Å². The van der Waals surface area contributed by atoms with Gasteiger partial charge in [0.1, 0.15) is 6.04 Å². The Morgan fingerprint density at radius 3 is 2.94 bits per heavy atom. The molecule has 0 bridgehead atoms. The molecule has 2 unspecified atom stereocenters. The van der Waals surface area contributed by atoms with Gasteiger partial charge in [-0.25, -0.2) is 4.79 Å². The van der Waals surface area contributed by atoms with E-state index in [1.54, 1.807) is 0 Å². The van der Waals surface area contributed by atoms with Crippen molar-refractivity contribution >= 4 is 23.6 Å². The Kier molecular flexibility index (Phi) is 4.88. The molecule has 6 heteroatoms. The maximum Gasteiger partial charge on any atom is 0.327 e. The molecule has 2 aliphatic rings. The van der Waals surface area contributed by atoms with Crippen molar-refractivity contribution in [2.75, 3.05) is 24.7 Å². The summed E-state index contributed by atoms with van der Waals surface area (Å²) in [5, 5.41) is 12.4. The van der Waals surface area contributed by atoms with Gasteiger partial charge in [-0.15, -0.1) is 11.8 Å². The number of carbonyl (C=O) groups excluding carboxylic acids is 1. The van der Waals surface area contributed by atoms with Crippen molar-refractivity contribution in [2.45, 2.75) is 31.7 Å². The second-order valence-electron chi connectivity index (χ2n) is 4.97. The molecule has 18 heavy (non-hydrogen) atoms. The lowest BCUT2D eigenvalue weighted by Gasteiger charge is -2.24. The van der Waals surface area contributed by atoms with Gasteiger partial charge in [0.25, 0.3) is 0 Å². The van der Waals surface area contributed by atoms with Crippen molar-refractivity contribution in [3.05, 3.63) is 0 Å². The van der Waals surface area contributed by atoms with Gasteiger partial charge in [-0.05, 0) is 38.3 Å². The third-order valence-electron chi connectivity index (χ3n) is 3.65. The van der Waals surface area contributed by atoms with E-state index in [0.717, 1.165) is 19.5 Å². The fourth-order valence-corrected chi connectivity index (χ4v) is 3.71. The Morgan fingerprint density at radius 1 is 1.44 bits per heavy atom. The number of hydrogen-bond donors (Lipinski definition) is 2. The van der Waals surface area contributed by atoms with E-state index in [2.05, 4.69) is 5.32 Å². The van der Waals surface area contributed by atoms with Gasteiger partial charge in [-0.3, -0.25) is 4.79 Å². The molecule has 2 saturated heterocycles. The summed E-state index contributed by atoms with van der Waals surface area (Å²) < 4.78 is 0. The van der Waals surface area contributed by atoms with Crippen LogP contribution in [0.15, 0.2) is 0 Å². The molecule has 2 fully saturated rings. The molecule has 2 heterocycles. The van der Waals surface area contributed by atoms with Gasteiger partial charge in [0.05, 0.1) is 5.88 Å². The summed E-state index contributed by atoms with van der Waals surface area (Å²) in [5.41, 5.74) is 0. The second-order valence-corrected chi connectivity index (χ2v) is 5.97. The van der Waals surface area contributed by atoms with Crippen LogP contribution in [0.5, 0.6) is 0 Å². The van der Waals surface area contributed by atoms with Gasteiger partial charge in [-0.2, -0.15) is 0 Å². The minimum atomic E-state index is -0.882. The first-order valence-electron chi connectivity index (χ1n) is 6.49. The first-order valence-corrected chi connectivity index (χ1v) is 7.64. The number of carboxylic acid groups (broad SMARTS) is 1. The SMILES string of the molecule is O=C(O)C1CSCN1C(=O)CCC1CCCNC1. The van der Waals surface area contributed by atoms with E-state index in [1.165, 1.54) is 29.5 Å². The van der Waals surface area contributed by atoms with E-state index >= 15 is 0 Å². The predicted octanol–water partition coefficient (Wildman–Crippen LogP) is 0.752. The number of aliphatic carboxylic acids is 1. The van der Waals surface area contributed by atoms with E-state index in [1.807, 2.05) is 0 Å². The average molecular weight is 272 g/mol. The number of nitrogens with one attached hydrogen (secondary N) is 1. The summed E-state index contributed by atoms with van der Waals surface area (Å²) in [7, 11) is 0. The summed E-state index contributed by atoms with van der Waals surface area (Å²) in [5.74, 6) is 0.733. The molecule has 2 rings (SSSR count). The Morgan fingerprint density at radius 2 is 2.28 bits per heavy atom. The van der Waals surface area contributed by atoms with Gasteiger partial charge in [0.2, 0.25) is 5.91 Å². The zero-order valence-electron chi connectivity index (χ0n) is 10.4. The highest BCUT2D eigenvalue weighted by atomic mass is 32.2. The summed E-state index contributed by atoms with van der Waals surface area (Å²) >= 11 is 1.52. The number of rotatable bonds is 4. The van der Waals surface area contributed by atoms with Crippen LogP contribution in [0.4, 0.5) is 0 Å². The third-order valence-corrected chi connectivity index (χ3v) is 4.67. The zero-order valence-corrected chi connectivity index (χ0v) is 11.2. The van der Waals surface area contributed by atoms with Crippen LogP contribution in [0.25, 0.3) is 0 Å². The highest BCUT2D eigenvalue weighted by molar-refractivity contribution is 7.99. The van der Waals surface area contributed by atoms with Crippen molar-refractivity contribution in [2.24, 2.45) is 5.92 Å². The monoisotopic (exact) mass is 272 g/mol. The maximum absolute atomic E-state index is 12.0. The highest BCUT2D eigenvalue weighted by Crippen LogP contribution is 2.23. The molecule has 2 aliphatic heterocycles. The maximum atomic E-state index is 12.0. The largest absolute Gasteiger partial charge is 0.480 e. The molecule has 0 radical (unpaired) electrons. The number of carbonyl (C=O) groups is 2. The Balaban J connectivity index is 1.78. The molecular weight excluding hydrogens is 252 g/mol. The number of hydrogen-bond acceptors (Lipinski definition) is 4. The van der Waals surface area contributed by atoms with Crippen LogP contribution in [-0.4, -0.2) is 52.6 Å². The number of piperidine rings is 1. The molecule has 102 valence electrons. The minimum Gasteiger partial charge on any atom is -0.480 e. The first kappa shape index (κ1) is 13.7. The minimum absolute atomic E-state index is 0.00188. The average Bonchev–Trinajstić information content (AvgIpc) is 2.86. The molecular formula is C12H20N2O3S. The standard InChI is InChI=1S/C12H20N2O3S/c15-11(4-3-9-2-1-5-13-6-9)14-8-18-7-10(14)12(16)17/h9-10,13H,1-8H2,(H,16,17). The Hall–Kier alpha value is -0.750. The van der Waals surface area contributed by atoms with Crippen LogP contribution in [-0.2, 0) is 9.59 Å². The zero-order chi connectivity index (χ0) is 13.0. The summed E-state index contributed by atoms with van der Waals surface area (Å²) in [4.78, 5) is 24.6. The van der Waals surface area contributed by atoms with Crippen molar-refractivity contribution in [1.29, 1.82) is 0 Å². The molecule has 0 saturated carbocycles. The van der Waals surface area contributed by atoms with E-state index in [9.17, 15) is 9.59 Å². The Labute approximate surface area is 111 Å². The smallest absolute Gasteiger partial charge is 0.327 e. The molecule has 5 nitrogen and oxygen atoms in total. The van der Waals surface area contributed by atoms with E-state index in [0.29, 0.717) is 24.0 Å². The Bertz CT molecular complexity index is 318. The number of thioether (sulfide) groups is 1. The van der Waals surface area contributed by atoms with E-state index < -0.39 is 12.0 Å². The van der Waals surface area contributed by atoms with E-state index in [4.69, 9.17) is 5.11 Å². The number of amides is 1. The molecule has 2 N–H and O–H groups in total. The van der Waals surface area contributed by atoms with Gasteiger partial charge in [0.15, 0.2) is 0 Å². The van der Waals surface area contributed by atoms with Gasteiger partial charge < -0.3 is 15.3 Å². The molecule has 0 aromatic heterocycles. The van der Waals surface area contributed by atoms with Crippen LogP contribution in [0.2, 0.25) is 0 Å².